The summed E-state index contributed by atoms with van der Waals surface area (Å²) < 4.78 is 1.94. The predicted molar refractivity (Wildman–Crippen MR) is 121 cm³/mol. The van der Waals surface area contributed by atoms with Crippen LogP contribution in [0.2, 0.25) is 0 Å². The molecule has 2 aromatic carbocycles. The van der Waals surface area contributed by atoms with E-state index in [1.54, 1.807) is 0 Å². The van der Waals surface area contributed by atoms with E-state index < -0.39 is 0 Å². The first-order valence-corrected chi connectivity index (χ1v) is 11.2. The molecular weight excluding hydrogens is 394 g/mol. The van der Waals surface area contributed by atoms with E-state index >= 15 is 0 Å². The molecule has 4 rings (SSSR count). The minimum absolute atomic E-state index is 0.0435. The third-order valence-corrected chi connectivity index (χ3v) is 6.75. The maximum atomic E-state index is 13.4. The molecule has 0 spiro atoms. The zero-order valence-electron chi connectivity index (χ0n) is 17.8. The molecule has 1 amide bonds. The fourth-order valence-electron chi connectivity index (χ4n) is 3.60. The molecule has 7 heteroatoms. The summed E-state index contributed by atoms with van der Waals surface area (Å²) in [5, 5.41) is 12.1. The van der Waals surface area contributed by atoms with Crippen LogP contribution in [-0.4, -0.2) is 26.0 Å². The number of hydrogen-bond donors (Lipinski definition) is 2. The third-order valence-electron chi connectivity index (χ3n) is 5.53. The summed E-state index contributed by atoms with van der Waals surface area (Å²) in [4.78, 5) is 13.4. The average Bonchev–Trinajstić information content (AvgIpc) is 3.13. The van der Waals surface area contributed by atoms with Crippen LogP contribution in [0.15, 0.2) is 47.6 Å². The van der Waals surface area contributed by atoms with Crippen molar-refractivity contribution < 1.29 is 4.79 Å². The molecule has 0 bridgehead atoms. The minimum atomic E-state index is -0.376. The van der Waals surface area contributed by atoms with Crippen molar-refractivity contribution in [3.8, 4) is 0 Å². The molecule has 2 atom stereocenters. The Kier molecular flexibility index (Phi) is 5.81. The van der Waals surface area contributed by atoms with E-state index in [0.29, 0.717) is 0 Å². The first kappa shape index (κ1) is 20.5. The summed E-state index contributed by atoms with van der Waals surface area (Å²) >= 11 is 1.46. The van der Waals surface area contributed by atoms with Crippen molar-refractivity contribution in [1.82, 2.24) is 14.9 Å². The summed E-state index contributed by atoms with van der Waals surface area (Å²) in [7, 11) is 0. The van der Waals surface area contributed by atoms with E-state index in [1.807, 2.05) is 23.7 Å². The number of nitrogens with zero attached hydrogens (tertiary/aromatic N) is 3. The van der Waals surface area contributed by atoms with E-state index in [9.17, 15) is 4.79 Å². The van der Waals surface area contributed by atoms with Crippen molar-refractivity contribution in [3.63, 3.8) is 0 Å². The van der Waals surface area contributed by atoms with Crippen molar-refractivity contribution in [3.05, 3.63) is 70.5 Å². The van der Waals surface area contributed by atoms with Crippen LogP contribution in [0.5, 0.6) is 0 Å². The number of aromatic nitrogens is 3. The molecule has 6 nitrogen and oxygen atoms in total. The van der Waals surface area contributed by atoms with Gasteiger partial charge in [0.1, 0.15) is 5.25 Å². The molecule has 1 aliphatic heterocycles. The minimum Gasteiger partial charge on any atom is -0.325 e. The number of hydrogen-bond acceptors (Lipinski definition) is 5. The van der Waals surface area contributed by atoms with Crippen LogP contribution in [0.4, 0.5) is 5.69 Å². The second-order valence-corrected chi connectivity index (χ2v) is 8.89. The second kappa shape index (κ2) is 8.52. The van der Waals surface area contributed by atoms with Gasteiger partial charge in [-0.25, -0.2) is 4.68 Å². The SMILES string of the molecule is CCCc1nnc2n1N[C@@H](c1ccc(C)cc1)[C@@H](C(=O)Nc1cccc(C)c1C)S2. The number of anilines is 1. The first-order chi connectivity index (χ1) is 14.5. The van der Waals surface area contributed by atoms with Crippen molar-refractivity contribution in [2.75, 3.05) is 10.7 Å². The van der Waals surface area contributed by atoms with Crippen LogP contribution in [0, 0.1) is 20.8 Å². The van der Waals surface area contributed by atoms with E-state index in [4.69, 9.17) is 0 Å². The Bertz CT molecular complexity index is 1060. The highest BCUT2D eigenvalue weighted by Crippen LogP contribution is 2.38. The van der Waals surface area contributed by atoms with Gasteiger partial charge in [-0.1, -0.05) is 60.6 Å². The van der Waals surface area contributed by atoms with Crippen LogP contribution in [0.3, 0.4) is 0 Å². The van der Waals surface area contributed by atoms with Gasteiger partial charge in [-0.05, 0) is 49.9 Å². The largest absolute Gasteiger partial charge is 0.325 e. The molecule has 30 heavy (non-hydrogen) atoms. The van der Waals surface area contributed by atoms with Gasteiger partial charge in [0.2, 0.25) is 11.1 Å². The number of amides is 1. The molecule has 0 saturated heterocycles. The van der Waals surface area contributed by atoms with E-state index in [1.165, 1.54) is 17.3 Å². The van der Waals surface area contributed by atoms with Gasteiger partial charge < -0.3 is 10.7 Å². The van der Waals surface area contributed by atoms with Crippen LogP contribution in [0.1, 0.15) is 47.5 Å². The Morgan fingerprint density at radius 1 is 1.13 bits per heavy atom. The number of nitrogens with one attached hydrogen (secondary N) is 2. The number of fused-ring (bicyclic) bond motifs is 1. The van der Waals surface area contributed by atoms with Crippen molar-refractivity contribution in [2.24, 2.45) is 0 Å². The zero-order chi connectivity index (χ0) is 21.3. The lowest BCUT2D eigenvalue weighted by Crippen LogP contribution is -2.41. The van der Waals surface area contributed by atoms with Gasteiger partial charge in [-0.2, -0.15) is 0 Å². The van der Waals surface area contributed by atoms with Crippen molar-refractivity contribution in [2.45, 2.75) is 57.0 Å². The lowest BCUT2D eigenvalue weighted by atomic mass is 10.0. The number of aryl methyl sites for hydroxylation is 3. The zero-order valence-corrected chi connectivity index (χ0v) is 18.6. The molecular formula is C23H27N5OS. The highest BCUT2D eigenvalue weighted by Gasteiger charge is 2.37. The molecule has 1 aromatic heterocycles. The molecule has 0 saturated carbocycles. The Morgan fingerprint density at radius 3 is 2.63 bits per heavy atom. The molecule has 0 unspecified atom stereocenters. The number of rotatable bonds is 5. The lowest BCUT2D eigenvalue weighted by Gasteiger charge is -2.33. The second-order valence-electron chi connectivity index (χ2n) is 7.78. The quantitative estimate of drug-likeness (QED) is 0.632. The molecule has 0 aliphatic carbocycles. The van der Waals surface area contributed by atoms with Gasteiger partial charge in [0.05, 0.1) is 6.04 Å². The van der Waals surface area contributed by atoms with Crippen LogP contribution < -0.4 is 10.7 Å². The number of carbonyl (C=O) groups is 1. The van der Waals surface area contributed by atoms with E-state index in [-0.39, 0.29) is 17.2 Å². The number of carbonyl (C=O) groups excluding carboxylic acids is 1. The van der Waals surface area contributed by atoms with Crippen molar-refractivity contribution in [1.29, 1.82) is 0 Å². The Morgan fingerprint density at radius 2 is 1.90 bits per heavy atom. The molecule has 0 fully saturated rings. The van der Waals surface area contributed by atoms with Crippen LogP contribution in [0.25, 0.3) is 0 Å². The average molecular weight is 422 g/mol. The standard InChI is InChI=1S/C23H27N5OS/c1-5-7-19-25-26-23-28(19)27-20(17-12-10-14(2)11-13-17)21(30-23)22(29)24-18-9-6-8-15(3)16(18)4/h6,8-13,20-21,27H,5,7H2,1-4H3,(H,24,29)/t20-,21-/m0/s1. The predicted octanol–water partition coefficient (Wildman–Crippen LogP) is 4.55. The van der Waals surface area contributed by atoms with Gasteiger partial charge in [0.25, 0.3) is 0 Å². The summed E-state index contributed by atoms with van der Waals surface area (Å²) in [6.07, 6.45) is 1.82. The van der Waals surface area contributed by atoms with Crippen molar-refractivity contribution >= 4 is 23.4 Å². The topological polar surface area (TPSA) is 71.8 Å². The van der Waals surface area contributed by atoms with Crippen LogP contribution in [-0.2, 0) is 11.2 Å². The molecule has 2 N–H and O–H groups in total. The maximum Gasteiger partial charge on any atom is 0.240 e. The van der Waals surface area contributed by atoms with Gasteiger partial charge in [-0.15, -0.1) is 10.2 Å². The summed E-state index contributed by atoms with van der Waals surface area (Å²) in [6, 6.07) is 14.1. The Labute approximate surface area is 181 Å². The monoisotopic (exact) mass is 421 g/mol. The van der Waals surface area contributed by atoms with Gasteiger partial charge in [-0.3, -0.25) is 4.79 Å². The highest BCUT2D eigenvalue weighted by molar-refractivity contribution is 8.00. The number of thioether (sulfide) groups is 1. The smallest absolute Gasteiger partial charge is 0.240 e. The summed E-state index contributed by atoms with van der Waals surface area (Å²) in [5.74, 6) is 0.851. The first-order valence-electron chi connectivity index (χ1n) is 10.3. The Balaban J connectivity index is 1.68. The lowest BCUT2D eigenvalue weighted by molar-refractivity contribution is -0.116. The molecule has 1 aliphatic rings. The third kappa shape index (κ3) is 3.94. The van der Waals surface area contributed by atoms with Gasteiger partial charge in [0, 0.05) is 12.1 Å². The highest BCUT2D eigenvalue weighted by atomic mass is 32.2. The summed E-state index contributed by atoms with van der Waals surface area (Å²) in [6.45, 7) is 8.27. The fraction of sp³-hybridized carbons (Fsp3) is 0.348. The van der Waals surface area contributed by atoms with E-state index in [2.05, 4.69) is 72.0 Å². The molecule has 2 heterocycles. The fourth-order valence-corrected chi connectivity index (χ4v) is 4.70. The molecule has 0 radical (unpaired) electrons. The van der Waals surface area contributed by atoms with E-state index in [0.717, 1.165) is 46.2 Å². The number of benzene rings is 2. The maximum absolute atomic E-state index is 13.4. The summed E-state index contributed by atoms with van der Waals surface area (Å²) in [5.41, 5.74) is 8.86. The van der Waals surface area contributed by atoms with Gasteiger partial charge in [0.15, 0.2) is 5.82 Å². The Hall–Kier alpha value is -2.80. The molecule has 156 valence electrons. The van der Waals surface area contributed by atoms with Crippen LogP contribution >= 0.6 is 11.8 Å². The van der Waals surface area contributed by atoms with Gasteiger partial charge >= 0.3 is 0 Å². The normalized spacial score (nSPS) is 17.9. The molecule has 3 aromatic rings.